The molecule has 1 aromatic carbocycles. The van der Waals surface area contributed by atoms with E-state index < -0.39 is 0 Å². The summed E-state index contributed by atoms with van der Waals surface area (Å²) in [6.07, 6.45) is 6.31. The molecule has 16 heavy (non-hydrogen) atoms. The SMILES string of the molecule is CC(N)C1(c2cc(Br)c3c(c2)CCC3)CC1. The number of benzene rings is 1. The second-order valence-electron chi connectivity index (χ2n) is 5.39. The molecule has 2 heteroatoms. The highest BCUT2D eigenvalue weighted by Crippen LogP contribution is 2.51. The largest absolute Gasteiger partial charge is 0.327 e. The van der Waals surface area contributed by atoms with E-state index in [0.717, 1.165) is 0 Å². The van der Waals surface area contributed by atoms with Gasteiger partial charge in [0.25, 0.3) is 0 Å². The topological polar surface area (TPSA) is 26.0 Å². The molecule has 0 saturated heterocycles. The standard InChI is InChI=1S/C14H18BrN/c1-9(16)14(5-6-14)11-7-10-3-2-4-12(10)13(15)8-11/h7-9H,2-6,16H2,1H3. The van der Waals surface area contributed by atoms with Crippen molar-refractivity contribution in [1.82, 2.24) is 0 Å². The second kappa shape index (κ2) is 3.58. The molecule has 1 atom stereocenters. The number of halogens is 1. The van der Waals surface area contributed by atoms with Gasteiger partial charge in [0.05, 0.1) is 0 Å². The Morgan fingerprint density at radius 2 is 2.06 bits per heavy atom. The van der Waals surface area contributed by atoms with Gasteiger partial charge < -0.3 is 5.73 Å². The van der Waals surface area contributed by atoms with Gasteiger partial charge in [0.15, 0.2) is 0 Å². The molecule has 1 fully saturated rings. The molecule has 0 spiro atoms. The number of rotatable bonds is 2. The van der Waals surface area contributed by atoms with Crippen LogP contribution < -0.4 is 5.73 Å². The summed E-state index contributed by atoms with van der Waals surface area (Å²) in [5.74, 6) is 0. The van der Waals surface area contributed by atoms with Crippen molar-refractivity contribution in [2.75, 3.05) is 0 Å². The minimum Gasteiger partial charge on any atom is -0.327 e. The fraction of sp³-hybridized carbons (Fsp3) is 0.571. The van der Waals surface area contributed by atoms with E-state index in [2.05, 4.69) is 35.0 Å². The van der Waals surface area contributed by atoms with Crippen molar-refractivity contribution in [2.45, 2.75) is 50.5 Å². The molecule has 0 radical (unpaired) electrons. The van der Waals surface area contributed by atoms with Crippen molar-refractivity contribution < 1.29 is 0 Å². The molecule has 2 aliphatic rings. The highest BCUT2D eigenvalue weighted by atomic mass is 79.9. The van der Waals surface area contributed by atoms with Crippen LogP contribution in [0.3, 0.4) is 0 Å². The van der Waals surface area contributed by atoms with Crippen molar-refractivity contribution in [2.24, 2.45) is 5.73 Å². The summed E-state index contributed by atoms with van der Waals surface area (Å²) >= 11 is 3.73. The molecular formula is C14H18BrN. The van der Waals surface area contributed by atoms with Crippen LogP contribution in [0.1, 0.15) is 42.9 Å². The van der Waals surface area contributed by atoms with Crippen LogP contribution in [0, 0.1) is 0 Å². The Kier molecular flexibility index (Phi) is 2.41. The highest BCUT2D eigenvalue weighted by molar-refractivity contribution is 9.10. The Balaban J connectivity index is 2.07. The van der Waals surface area contributed by atoms with Gasteiger partial charge in [-0.3, -0.25) is 0 Å². The molecule has 0 aliphatic heterocycles. The molecule has 0 amide bonds. The molecule has 0 aromatic heterocycles. The predicted molar refractivity (Wildman–Crippen MR) is 70.7 cm³/mol. The van der Waals surface area contributed by atoms with Gasteiger partial charge in [0.1, 0.15) is 0 Å². The van der Waals surface area contributed by atoms with Crippen molar-refractivity contribution >= 4 is 15.9 Å². The molecule has 0 heterocycles. The van der Waals surface area contributed by atoms with Gasteiger partial charge in [-0.15, -0.1) is 0 Å². The minimum absolute atomic E-state index is 0.277. The zero-order valence-corrected chi connectivity index (χ0v) is 11.3. The third-order valence-electron chi connectivity index (χ3n) is 4.40. The maximum atomic E-state index is 6.14. The van der Waals surface area contributed by atoms with Crippen LogP contribution in [0.2, 0.25) is 0 Å². The average molecular weight is 280 g/mol. The monoisotopic (exact) mass is 279 g/mol. The Hall–Kier alpha value is -0.340. The van der Waals surface area contributed by atoms with E-state index in [1.165, 1.54) is 47.7 Å². The summed E-state index contributed by atoms with van der Waals surface area (Å²) < 4.78 is 1.31. The smallest absolute Gasteiger partial charge is 0.0213 e. The first kappa shape index (κ1) is 10.8. The van der Waals surface area contributed by atoms with E-state index in [1.54, 1.807) is 5.56 Å². The molecule has 1 nitrogen and oxygen atoms in total. The van der Waals surface area contributed by atoms with Crippen LogP contribution in [0.15, 0.2) is 16.6 Å². The first-order chi connectivity index (χ1) is 7.63. The van der Waals surface area contributed by atoms with Crippen molar-refractivity contribution in [3.05, 3.63) is 33.3 Å². The van der Waals surface area contributed by atoms with Gasteiger partial charge in [0, 0.05) is 15.9 Å². The first-order valence-corrected chi connectivity index (χ1v) is 7.00. The van der Waals surface area contributed by atoms with Crippen molar-refractivity contribution in [3.8, 4) is 0 Å². The molecule has 0 bridgehead atoms. The third-order valence-corrected chi connectivity index (χ3v) is 5.10. The molecule has 1 aromatic rings. The lowest BCUT2D eigenvalue weighted by molar-refractivity contribution is 0.556. The van der Waals surface area contributed by atoms with Crippen LogP contribution in [-0.4, -0.2) is 6.04 Å². The summed E-state index contributed by atoms with van der Waals surface area (Å²) in [5.41, 5.74) is 11.0. The van der Waals surface area contributed by atoms with Gasteiger partial charge in [-0.25, -0.2) is 0 Å². The lowest BCUT2D eigenvalue weighted by atomic mass is 9.88. The zero-order chi connectivity index (χ0) is 11.3. The van der Waals surface area contributed by atoms with Crippen LogP contribution in [0.4, 0.5) is 0 Å². The molecule has 1 unspecified atom stereocenters. The Morgan fingerprint density at radius 1 is 1.31 bits per heavy atom. The quantitative estimate of drug-likeness (QED) is 0.883. The first-order valence-electron chi connectivity index (χ1n) is 6.21. The van der Waals surface area contributed by atoms with Gasteiger partial charge in [-0.1, -0.05) is 22.0 Å². The van der Waals surface area contributed by atoms with Gasteiger partial charge in [0.2, 0.25) is 0 Å². The molecular weight excluding hydrogens is 262 g/mol. The van der Waals surface area contributed by atoms with E-state index in [1.807, 2.05) is 0 Å². The lowest BCUT2D eigenvalue weighted by Crippen LogP contribution is -2.31. The van der Waals surface area contributed by atoms with Crippen molar-refractivity contribution in [3.63, 3.8) is 0 Å². The van der Waals surface area contributed by atoms with E-state index in [-0.39, 0.29) is 6.04 Å². The van der Waals surface area contributed by atoms with E-state index in [0.29, 0.717) is 5.41 Å². The summed E-state index contributed by atoms with van der Waals surface area (Å²) in [5, 5.41) is 0. The van der Waals surface area contributed by atoms with Gasteiger partial charge in [-0.2, -0.15) is 0 Å². The molecule has 3 rings (SSSR count). The highest BCUT2D eigenvalue weighted by Gasteiger charge is 2.47. The number of aryl methyl sites for hydroxylation is 1. The number of hydrogen-bond acceptors (Lipinski definition) is 1. The van der Waals surface area contributed by atoms with Crippen LogP contribution >= 0.6 is 15.9 Å². The zero-order valence-electron chi connectivity index (χ0n) is 9.72. The summed E-state index contributed by atoms with van der Waals surface area (Å²) in [6.45, 7) is 2.15. The molecule has 2 N–H and O–H groups in total. The average Bonchev–Trinajstić information content (AvgIpc) is 2.92. The van der Waals surface area contributed by atoms with Crippen molar-refractivity contribution in [1.29, 1.82) is 0 Å². The number of nitrogens with two attached hydrogens (primary N) is 1. The fourth-order valence-corrected chi connectivity index (χ4v) is 3.78. The van der Waals surface area contributed by atoms with E-state index in [9.17, 15) is 0 Å². The Labute approximate surface area is 106 Å². The Morgan fingerprint density at radius 3 is 2.69 bits per heavy atom. The second-order valence-corrected chi connectivity index (χ2v) is 6.25. The molecule has 2 aliphatic carbocycles. The third kappa shape index (κ3) is 1.46. The van der Waals surface area contributed by atoms with Crippen LogP contribution in [-0.2, 0) is 18.3 Å². The molecule has 86 valence electrons. The summed E-state index contributed by atoms with van der Waals surface area (Å²) in [6, 6.07) is 5.02. The van der Waals surface area contributed by atoms with Gasteiger partial charge in [-0.05, 0) is 61.8 Å². The summed E-state index contributed by atoms with van der Waals surface area (Å²) in [4.78, 5) is 0. The van der Waals surface area contributed by atoms with E-state index >= 15 is 0 Å². The maximum absolute atomic E-state index is 6.14. The maximum Gasteiger partial charge on any atom is 0.0213 e. The molecule has 1 saturated carbocycles. The summed E-state index contributed by atoms with van der Waals surface area (Å²) in [7, 11) is 0. The van der Waals surface area contributed by atoms with Crippen LogP contribution in [0.5, 0.6) is 0 Å². The van der Waals surface area contributed by atoms with E-state index in [4.69, 9.17) is 5.73 Å². The Bertz CT molecular complexity index is 433. The fourth-order valence-electron chi connectivity index (χ4n) is 3.08. The van der Waals surface area contributed by atoms with Gasteiger partial charge >= 0.3 is 0 Å². The number of hydrogen-bond donors (Lipinski definition) is 1. The lowest BCUT2D eigenvalue weighted by Gasteiger charge is -2.21. The normalized spacial score (nSPS) is 22.9. The van der Waals surface area contributed by atoms with Crippen LogP contribution in [0.25, 0.3) is 0 Å². The predicted octanol–water partition coefficient (Wildman–Crippen LogP) is 3.32. The number of fused-ring (bicyclic) bond motifs is 1. The minimum atomic E-state index is 0.277.